The summed E-state index contributed by atoms with van der Waals surface area (Å²) in [6.07, 6.45) is 2.58. The lowest BCUT2D eigenvalue weighted by Crippen LogP contribution is -2.29. The second-order valence-electron chi connectivity index (χ2n) is 4.79. The molecule has 0 radical (unpaired) electrons. The SMILES string of the molecule is CCC(C)(O)Cn1cc(CNC(C)C)nn1. The molecule has 0 aromatic carbocycles. The Morgan fingerprint density at radius 3 is 2.81 bits per heavy atom. The van der Waals surface area contributed by atoms with E-state index in [1.54, 1.807) is 11.6 Å². The van der Waals surface area contributed by atoms with E-state index in [4.69, 9.17) is 0 Å². The lowest BCUT2D eigenvalue weighted by Gasteiger charge is -2.20. The zero-order valence-corrected chi connectivity index (χ0v) is 10.6. The van der Waals surface area contributed by atoms with Gasteiger partial charge in [0.25, 0.3) is 0 Å². The number of hydrogen-bond donors (Lipinski definition) is 2. The average molecular weight is 226 g/mol. The van der Waals surface area contributed by atoms with Gasteiger partial charge in [-0.3, -0.25) is 0 Å². The normalized spacial score (nSPS) is 15.4. The topological polar surface area (TPSA) is 63.0 Å². The monoisotopic (exact) mass is 226 g/mol. The van der Waals surface area contributed by atoms with Gasteiger partial charge in [0.15, 0.2) is 0 Å². The molecule has 5 heteroatoms. The summed E-state index contributed by atoms with van der Waals surface area (Å²) < 4.78 is 1.70. The highest BCUT2D eigenvalue weighted by Gasteiger charge is 2.19. The molecular formula is C11H22N4O. The van der Waals surface area contributed by atoms with Crippen LogP contribution in [-0.2, 0) is 13.1 Å². The van der Waals surface area contributed by atoms with Crippen LogP contribution in [0.4, 0.5) is 0 Å². The number of aromatic nitrogens is 3. The van der Waals surface area contributed by atoms with Crippen molar-refractivity contribution < 1.29 is 5.11 Å². The number of aliphatic hydroxyl groups is 1. The van der Waals surface area contributed by atoms with Gasteiger partial charge >= 0.3 is 0 Å². The summed E-state index contributed by atoms with van der Waals surface area (Å²) in [6.45, 7) is 9.14. The Hall–Kier alpha value is -0.940. The molecule has 2 N–H and O–H groups in total. The molecule has 1 unspecified atom stereocenters. The Morgan fingerprint density at radius 1 is 1.56 bits per heavy atom. The van der Waals surface area contributed by atoms with E-state index in [0.29, 0.717) is 25.6 Å². The Bertz CT molecular complexity index is 320. The van der Waals surface area contributed by atoms with E-state index in [1.807, 2.05) is 13.1 Å². The molecule has 16 heavy (non-hydrogen) atoms. The summed E-state index contributed by atoms with van der Waals surface area (Å²) in [5, 5.41) is 21.2. The molecule has 1 heterocycles. The van der Waals surface area contributed by atoms with E-state index in [2.05, 4.69) is 29.5 Å². The summed E-state index contributed by atoms with van der Waals surface area (Å²) in [7, 11) is 0. The van der Waals surface area contributed by atoms with Crippen LogP contribution in [0.2, 0.25) is 0 Å². The van der Waals surface area contributed by atoms with Crippen LogP contribution in [0, 0.1) is 0 Å². The summed E-state index contributed by atoms with van der Waals surface area (Å²) >= 11 is 0. The fraction of sp³-hybridized carbons (Fsp3) is 0.818. The van der Waals surface area contributed by atoms with Crippen molar-refractivity contribution in [1.29, 1.82) is 0 Å². The van der Waals surface area contributed by atoms with E-state index in [1.165, 1.54) is 0 Å². The van der Waals surface area contributed by atoms with Gasteiger partial charge in [0.1, 0.15) is 0 Å². The van der Waals surface area contributed by atoms with Crippen LogP contribution < -0.4 is 5.32 Å². The molecule has 0 fully saturated rings. The molecule has 1 atom stereocenters. The second kappa shape index (κ2) is 5.41. The van der Waals surface area contributed by atoms with Gasteiger partial charge in [-0.25, -0.2) is 4.68 Å². The highest BCUT2D eigenvalue weighted by Crippen LogP contribution is 2.10. The van der Waals surface area contributed by atoms with Crippen LogP contribution in [0.1, 0.15) is 39.8 Å². The summed E-state index contributed by atoms with van der Waals surface area (Å²) in [5.74, 6) is 0. The van der Waals surface area contributed by atoms with Crippen molar-refractivity contribution in [2.24, 2.45) is 0 Å². The first kappa shape index (κ1) is 13.1. The van der Waals surface area contributed by atoms with Gasteiger partial charge in [0, 0.05) is 18.8 Å². The van der Waals surface area contributed by atoms with Crippen LogP contribution in [0.3, 0.4) is 0 Å². The van der Waals surface area contributed by atoms with Crippen LogP contribution in [0.25, 0.3) is 0 Å². The van der Waals surface area contributed by atoms with Crippen molar-refractivity contribution in [2.75, 3.05) is 0 Å². The Morgan fingerprint density at radius 2 is 2.25 bits per heavy atom. The summed E-state index contributed by atoms with van der Waals surface area (Å²) in [6, 6.07) is 0.434. The first-order chi connectivity index (χ1) is 7.43. The quantitative estimate of drug-likeness (QED) is 0.757. The molecule has 1 aromatic rings. The molecule has 0 saturated heterocycles. The molecule has 0 spiro atoms. The Kier molecular flexibility index (Phi) is 4.44. The molecule has 5 nitrogen and oxygen atoms in total. The van der Waals surface area contributed by atoms with Crippen molar-refractivity contribution in [3.05, 3.63) is 11.9 Å². The fourth-order valence-corrected chi connectivity index (χ4v) is 1.27. The van der Waals surface area contributed by atoms with Crippen molar-refractivity contribution in [3.8, 4) is 0 Å². The van der Waals surface area contributed by atoms with Gasteiger partial charge in [0.2, 0.25) is 0 Å². The average Bonchev–Trinajstić information content (AvgIpc) is 2.62. The minimum atomic E-state index is -0.712. The van der Waals surface area contributed by atoms with Crippen LogP contribution in [-0.4, -0.2) is 31.7 Å². The first-order valence-electron chi connectivity index (χ1n) is 5.78. The Balaban J connectivity index is 2.51. The molecule has 1 aromatic heterocycles. The standard InChI is InChI=1S/C11H22N4O/c1-5-11(4,16)8-15-7-10(13-14-15)6-12-9(2)3/h7,9,12,16H,5-6,8H2,1-4H3. The number of nitrogens with one attached hydrogen (secondary N) is 1. The third-order valence-electron chi connectivity index (χ3n) is 2.54. The molecule has 92 valence electrons. The fourth-order valence-electron chi connectivity index (χ4n) is 1.27. The van der Waals surface area contributed by atoms with Crippen LogP contribution in [0.15, 0.2) is 6.20 Å². The maximum absolute atomic E-state index is 9.90. The third kappa shape index (κ3) is 4.28. The van der Waals surface area contributed by atoms with Crippen LogP contribution >= 0.6 is 0 Å². The lowest BCUT2D eigenvalue weighted by atomic mass is 10.0. The zero-order valence-electron chi connectivity index (χ0n) is 10.6. The van der Waals surface area contributed by atoms with Gasteiger partial charge in [-0.2, -0.15) is 0 Å². The highest BCUT2D eigenvalue weighted by atomic mass is 16.3. The molecule has 0 aliphatic rings. The van der Waals surface area contributed by atoms with Gasteiger partial charge in [0.05, 0.1) is 17.8 Å². The smallest absolute Gasteiger partial charge is 0.0964 e. The van der Waals surface area contributed by atoms with Gasteiger partial charge in [-0.15, -0.1) is 5.10 Å². The number of nitrogens with zero attached hydrogens (tertiary/aromatic N) is 3. The van der Waals surface area contributed by atoms with E-state index in [0.717, 1.165) is 5.69 Å². The maximum atomic E-state index is 9.90. The molecule has 0 saturated carbocycles. The third-order valence-corrected chi connectivity index (χ3v) is 2.54. The van der Waals surface area contributed by atoms with Gasteiger partial charge in [-0.05, 0) is 13.3 Å². The molecule has 1 rings (SSSR count). The lowest BCUT2D eigenvalue weighted by molar-refractivity contribution is 0.0339. The molecule has 0 amide bonds. The van der Waals surface area contributed by atoms with E-state index in [-0.39, 0.29) is 0 Å². The van der Waals surface area contributed by atoms with Crippen molar-refractivity contribution >= 4 is 0 Å². The van der Waals surface area contributed by atoms with Gasteiger partial charge < -0.3 is 10.4 Å². The summed E-state index contributed by atoms with van der Waals surface area (Å²) in [4.78, 5) is 0. The van der Waals surface area contributed by atoms with Gasteiger partial charge in [-0.1, -0.05) is 26.0 Å². The van der Waals surface area contributed by atoms with E-state index < -0.39 is 5.60 Å². The second-order valence-corrected chi connectivity index (χ2v) is 4.79. The molecule has 0 bridgehead atoms. The predicted molar refractivity (Wildman–Crippen MR) is 62.9 cm³/mol. The molecular weight excluding hydrogens is 204 g/mol. The van der Waals surface area contributed by atoms with Crippen LogP contribution in [0.5, 0.6) is 0 Å². The van der Waals surface area contributed by atoms with E-state index >= 15 is 0 Å². The maximum Gasteiger partial charge on any atom is 0.0964 e. The number of hydrogen-bond acceptors (Lipinski definition) is 4. The highest BCUT2D eigenvalue weighted by molar-refractivity contribution is 4.92. The van der Waals surface area contributed by atoms with Crippen molar-refractivity contribution in [3.63, 3.8) is 0 Å². The first-order valence-corrected chi connectivity index (χ1v) is 5.78. The Labute approximate surface area is 96.9 Å². The summed E-state index contributed by atoms with van der Waals surface area (Å²) in [5.41, 5.74) is 0.191. The van der Waals surface area contributed by atoms with Crippen molar-refractivity contribution in [2.45, 2.75) is 58.8 Å². The minimum absolute atomic E-state index is 0.434. The molecule has 0 aliphatic heterocycles. The predicted octanol–water partition coefficient (Wildman–Crippen LogP) is 0.937. The van der Waals surface area contributed by atoms with E-state index in [9.17, 15) is 5.11 Å². The minimum Gasteiger partial charge on any atom is -0.388 e. The largest absolute Gasteiger partial charge is 0.388 e. The van der Waals surface area contributed by atoms with Crippen molar-refractivity contribution in [1.82, 2.24) is 20.3 Å². The molecule has 0 aliphatic carbocycles. The number of rotatable bonds is 6. The zero-order chi connectivity index (χ0) is 12.2.